The number of carbonyl (C=O) groups is 2. The van der Waals surface area contributed by atoms with Gasteiger partial charge in [0, 0.05) is 23.1 Å². The fourth-order valence-corrected chi connectivity index (χ4v) is 4.23. The van der Waals surface area contributed by atoms with Crippen molar-refractivity contribution >= 4 is 23.5 Å². The van der Waals surface area contributed by atoms with Crippen molar-refractivity contribution in [2.24, 2.45) is 0 Å². The third kappa shape index (κ3) is 5.41. The average Bonchev–Trinajstić information content (AvgIpc) is 2.85. The van der Waals surface area contributed by atoms with Gasteiger partial charge in [-0.3, -0.25) is 4.79 Å². The van der Waals surface area contributed by atoms with Gasteiger partial charge in [-0.05, 0) is 74.4 Å². The van der Waals surface area contributed by atoms with Crippen molar-refractivity contribution in [2.45, 2.75) is 44.9 Å². The smallest absolute Gasteiger partial charge is 0.335 e. The molecule has 2 N–H and O–H groups in total. The second-order valence-electron chi connectivity index (χ2n) is 9.22. The number of carbonyl (C=O) groups excluding carboxylic acids is 1. The third-order valence-corrected chi connectivity index (χ3v) is 6.62. The number of aryl methyl sites for hydroxylation is 1. The molecule has 2 atom stereocenters. The Kier molecular flexibility index (Phi) is 7.13. The first kappa shape index (κ1) is 25.4. The minimum atomic E-state index is -1.16. The highest BCUT2D eigenvalue weighted by Gasteiger charge is 2.36. The van der Waals surface area contributed by atoms with Crippen LogP contribution in [-0.4, -0.2) is 29.7 Å². The SMILES string of the molecule is COc1ccc2c(c1)O[C@@H](c1ccc(C(=O)O)cc1)C[C@H]2NC(=O)C(C)(C)Oc1ccc(Cl)c(C)c1. The number of aromatic carboxylic acids is 1. The number of rotatable bonds is 7. The molecule has 7 nitrogen and oxygen atoms in total. The number of nitrogens with one attached hydrogen (secondary N) is 1. The molecule has 1 aliphatic rings. The lowest BCUT2D eigenvalue weighted by molar-refractivity contribution is -0.135. The highest BCUT2D eigenvalue weighted by Crippen LogP contribution is 2.42. The topological polar surface area (TPSA) is 94.1 Å². The van der Waals surface area contributed by atoms with Gasteiger partial charge in [0.15, 0.2) is 5.60 Å². The fourth-order valence-electron chi connectivity index (χ4n) is 4.11. The minimum absolute atomic E-state index is 0.192. The quantitative estimate of drug-likeness (QED) is 0.412. The molecule has 1 amide bonds. The molecule has 4 rings (SSSR count). The van der Waals surface area contributed by atoms with Gasteiger partial charge in [-0.25, -0.2) is 4.79 Å². The summed E-state index contributed by atoms with van der Waals surface area (Å²) in [6.07, 6.45) is 0.0499. The number of hydrogen-bond donors (Lipinski definition) is 2. The lowest BCUT2D eigenvalue weighted by atomic mass is 9.91. The molecule has 0 aromatic heterocycles. The molecular weight excluding hydrogens is 482 g/mol. The Morgan fingerprint density at radius 3 is 2.39 bits per heavy atom. The normalized spacial score (nSPS) is 16.9. The van der Waals surface area contributed by atoms with Gasteiger partial charge in [0.25, 0.3) is 5.91 Å². The zero-order chi connectivity index (χ0) is 26.0. The fraction of sp³-hybridized carbons (Fsp3) is 0.286. The van der Waals surface area contributed by atoms with Gasteiger partial charge in [0.1, 0.15) is 23.4 Å². The summed E-state index contributed by atoms with van der Waals surface area (Å²) in [6.45, 7) is 5.30. The second-order valence-corrected chi connectivity index (χ2v) is 9.63. The number of methoxy groups -OCH3 is 1. The first-order chi connectivity index (χ1) is 17.1. The van der Waals surface area contributed by atoms with E-state index < -0.39 is 17.7 Å². The molecule has 0 radical (unpaired) electrons. The Hall–Kier alpha value is -3.71. The van der Waals surface area contributed by atoms with Crippen molar-refractivity contribution in [3.63, 3.8) is 0 Å². The van der Waals surface area contributed by atoms with E-state index in [0.717, 1.165) is 16.7 Å². The molecule has 188 valence electrons. The molecule has 0 fully saturated rings. The Bertz CT molecular complexity index is 1290. The van der Waals surface area contributed by atoms with Gasteiger partial charge >= 0.3 is 5.97 Å². The predicted octanol–water partition coefficient (Wildman–Crippen LogP) is 5.89. The summed E-state index contributed by atoms with van der Waals surface area (Å²) in [7, 11) is 1.57. The molecule has 3 aromatic rings. The van der Waals surface area contributed by atoms with Gasteiger partial charge in [0.05, 0.1) is 18.7 Å². The van der Waals surface area contributed by atoms with Gasteiger partial charge in [-0.1, -0.05) is 23.7 Å². The van der Waals surface area contributed by atoms with E-state index in [1.54, 1.807) is 69.5 Å². The third-order valence-electron chi connectivity index (χ3n) is 6.20. The van der Waals surface area contributed by atoms with Crippen molar-refractivity contribution in [1.82, 2.24) is 5.32 Å². The van der Waals surface area contributed by atoms with E-state index in [0.29, 0.717) is 28.7 Å². The highest BCUT2D eigenvalue weighted by molar-refractivity contribution is 6.31. The number of hydrogen-bond acceptors (Lipinski definition) is 5. The van der Waals surface area contributed by atoms with Crippen molar-refractivity contribution in [2.75, 3.05) is 7.11 Å². The molecule has 1 aliphatic heterocycles. The molecule has 0 aliphatic carbocycles. The van der Waals surface area contributed by atoms with Crippen LogP contribution >= 0.6 is 11.6 Å². The van der Waals surface area contributed by atoms with Crippen LogP contribution in [0.1, 0.15) is 59.5 Å². The molecule has 1 heterocycles. The zero-order valence-electron chi connectivity index (χ0n) is 20.5. The largest absolute Gasteiger partial charge is 0.497 e. The molecule has 0 saturated carbocycles. The van der Waals surface area contributed by atoms with Crippen LogP contribution in [0.3, 0.4) is 0 Å². The maximum absolute atomic E-state index is 13.4. The van der Waals surface area contributed by atoms with Crippen LogP contribution in [0.25, 0.3) is 0 Å². The minimum Gasteiger partial charge on any atom is -0.497 e. The molecule has 0 bridgehead atoms. The maximum Gasteiger partial charge on any atom is 0.335 e. The predicted molar refractivity (Wildman–Crippen MR) is 136 cm³/mol. The summed E-state index contributed by atoms with van der Waals surface area (Å²) in [5.74, 6) is 0.478. The molecule has 3 aromatic carbocycles. The lowest BCUT2D eigenvalue weighted by Gasteiger charge is -2.35. The van der Waals surface area contributed by atoms with Crippen LogP contribution in [0.5, 0.6) is 17.2 Å². The molecule has 8 heteroatoms. The summed E-state index contributed by atoms with van der Waals surface area (Å²) < 4.78 is 17.6. The number of fused-ring (bicyclic) bond motifs is 1. The standard InChI is InChI=1S/C28H28ClNO6/c1-16-13-20(10-12-22(16)29)36-28(2,3)27(33)30-23-15-24(17-5-7-18(8-6-17)26(31)32)35-25-14-19(34-4)9-11-21(23)25/h5-14,23-24H,15H2,1-4H3,(H,30,33)(H,31,32)/t23-,24-/m1/s1. The van der Waals surface area contributed by atoms with E-state index in [1.165, 1.54) is 0 Å². The summed E-state index contributed by atoms with van der Waals surface area (Å²) >= 11 is 6.12. The van der Waals surface area contributed by atoms with Crippen molar-refractivity contribution in [3.05, 3.63) is 87.9 Å². The van der Waals surface area contributed by atoms with Gasteiger partial charge in [-0.2, -0.15) is 0 Å². The zero-order valence-corrected chi connectivity index (χ0v) is 21.3. The Balaban J connectivity index is 1.59. The Morgan fingerprint density at radius 2 is 1.75 bits per heavy atom. The molecule has 0 unspecified atom stereocenters. The number of carboxylic acid groups (broad SMARTS) is 1. The first-order valence-corrected chi connectivity index (χ1v) is 11.9. The summed E-state index contributed by atoms with van der Waals surface area (Å²) in [4.78, 5) is 24.6. The van der Waals surface area contributed by atoms with Crippen LogP contribution in [0.2, 0.25) is 5.02 Å². The summed E-state index contributed by atoms with van der Waals surface area (Å²) in [5.41, 5.74) is 1.51. The van der Waals surface area contributed by atoms with Crippen LogP contribution in [-0.2, 0) is 4.79 Å². The number of halogens is 1. The van der Waals surface area contributed by atoms with Crippen LogP contribution in [0, 0.1) is 6.92 Å². The number of ether oxygens (including phenoxy) is 3. The molecule has 0 spiro atoms. The van der Waals surface area contributed by atoms with Crippen LogP contribution < -0.4 is 19.5 Å². The monoisotopic (exact) mass is 509 g/mol. The van der Waals surface area contributed by atoms with E-state index >= 15 is 0 Å². The summed E-state index contributed by atoms with van der Waals surface area (Å²) in [6, 6.07) is 16.9. The average molecular weight is 510 g/mol. The van der Waals surface area contributed by atoms with Crippen LogP contribution in [0.15, 0.2) is 60.7 Å². The molecule has 0 saturated heterocycles. The highest BCUT2D eigenvalue weighted by atomic mass is 35.5. The molecular formula is C28H28ClNO6. The molecule has 36 heavy (non-hydrogen) atoms. The van der Waals surface area contributed by atoms with Crippen LogP contribution in [0.4, 0.5) is 0 Å². The number of carboxylic acids is 1. The van der Waals surface area contributed by atoms with E-state index in [1.807, 2.05) is 19.1 Å². The first-order valence-electron chi connectivity index (χ1n) is 11.5. The Labute approximate surface area is 215 Å². The van der Waals surface area contributed by atoms with Gasteiger partial charge in [-0.15, -0.1) is 0 Å². The maximum atomic E-state index is 13.4. The second kappa shape index (κ2) is 10.1. The van der Waals surface area contributed by atoms with Gasteiger partial charge < -0.3 is 24.6 Å². The van der Waals surface area contributed by atoms with Crippen molar-refractivity contribution in [1.29, 1.82) is 0 Å². The lowest BCUT2D eigenvalue weighted by Crippen LogP contribution is -2.48. The number of benzene rings is 3. The Morgan fingerprint density at radius 1 is 1.06 bits per heavy atom. The number of amides is 1. The summed E-state index contributed by atoms with van der Waals surface area (Å²) in [5, 5.41) is 13.0. The van der Waals surface area contributed by atoms with Crippen molar-refractivity contribution < 1.29 is 28.9 Å². The van der Waals surface area contributed by atoms with E-state index in [2.05, 4.69) is 5.32 Å². The van der Waals surface area contributed by atoms with E-state index in [-0.39, 0.29) is 17.5 Å². The van der Waals surface area contributed by atoms with E-state index in [4.69, 9.17) is 25.8 Å². The van der Waals surface area contributed by atoms with E-state index in [9.17, 15) is 14.7 Å². The van der Waals surface area contributed by atoms with Gasteiger partial charge in [0.2, 0.25) is 0 Å². The van der Waals surface area contributed by atoms with Crippen molar-refractivity contribution in [3.8, 4) is 17.2 Å².